The molecule has 0 aliphatic heterocycles. The van der Waals surface area contributed by atoms with Gasteiger partial charge in [0.05, 0.1) is 22.1 Å². The van der Waals surface area contributed by atoms with Gasteiger partial charge in [0.25, 0.3) is 0 Å². The molecule has 0 aromatic heterocycles. The minimum Gasteiger partial charge on any atom is -0.192 e. The molecule has 0 atom stereocenters. The van der Waals surface area contributed by atoms with E-state index in [9.17, 15) is 25.5 Å². The molecule has 8 heteroatoms. The molecule has 0 bridgehead atoms. The van der Waals surface area contributed by atoms with Crippen molar-refractivity contribution in [1.29, 1.82) is 5.26 Å². The quantitative estimate of drug-likeness (QED) is 0.569. The maximum absolute atomic E-state index is 12.4. The first kappa shape index (κ1) is 12.4. The molecule has 16 heavy (non-hydrogen) atoms. The van der Waals surface area contributed by atoms with Gasteiger partial charge in [-0.15, -0.1) is 3.89 Å². The monoisotopic (exact) mass is 253 g/mol. The summed E-state index contributed by atoms with van der Waals surface area (Å²) in [5.74, 6) is 0. The van der Waals surface area contributed by atoms with Gasteiger partial charge in [-0.2, -0.15) is 26.9 Å². The van der Waals surface area contributed by atoms with Crippen molar-refractivity contribution < 1.29 is 25.5 Å². The molecular weight excluding hydrogens is 250 g/mol. The molecule has 0 aliphatic rings. The molecular formula is C8H3F4NO2S. The number of alkyl halides is 3. The zero-order chi connectivity index (χ0) is 12.6. The third-order valence-electron chi connectivity index (χ3n) is 1.70. The van der Waals surface area contributed by atoms with Crippen LogP contribution < -0.4 is 0 Å². The van der Waals surface area contributed by atoms with E-state index in [0.29, 0.717) is 18.2 Å². The number of halogens is 4. The van der Waals surface area contributed by atoms with Crippen molar-refractivity contribution in [1.82, 2.24) is 0 Å². The van der Waals surface area contributed by atoms with Crippen molar-refractivity contribution in [3.05, 3.63) is 29.3 Å². The zero-order valence-corrected chi connectivity index (χ0v) is 8.23. The highest BCUT2D eigenvalue weighted by Gasteiger charge is 2.34. The summed E-state index contributed by atoms with van der Waals surface area (Å²) >= 11 is 0. The highest BCUT2D eigenvalue weighted by Crippen LogP contribution is 2.32. The van der Waals surface area contributed by atoms with E-state index in [1.54, 1.807) is 0 Å². The highest BCUT2D eigenvalue weighted by molar-refractivity contribution is 7.86. The Kier molecular flexibility index (Phi) is 2.92. The molecule has 0 heterocycles. The Morgan fingerprint density at radius 1 is 1.25 bits per heavy atom. The first-order valence-electron chi connectivity index (χ1n) is 3.72. The van der Waals surface area contributed by atoms with E-state index >= 15 is 0 Å². The summed E-state index contributed by atoms with van der Waals surface area (Å²) in [6.07, 6.45) is -4.79. The Bertz CT molecular complexity index is 556. The number of hydrogen-bond donors (Lipinski definition) is 0. The Morgan fingerprint density at radius 2 is 1.81 bits per heavy atom. The van der Waals surface area contributed by atoms with E-state index in [1.807, 2.05) is 0 Å². The lowest BCUT2D eigenvalue weighted by Crippen LogP contribution is -2.08. The van der Waals surface area contributed by atoms with Gasteiger partial charge in [0, 0.05) is 0 Å². The van der Waals surface area contributed by atoms with Crippen LogP contribution in [0.1, 0.15) is 11.1 Å². The summed E-state index contributed by atoms with van der Waals surface area (Å²) in [7, 11) is -5.12. The first-order chi connectivity index (χ1) is 7.16. The predicted octanol–water partition coefficient (Wildman–Crippen LogP) is 2.24. The van der Waals surface area contributed by atoms with Gasteiger partial charge in [0.2, 0.25) is 0 Å². The Balaban J connectivity index is 3.48. The molecule has 0 radical (unpaired) electrons. The van der Waals surface area contributed by atoms with Gasteiger partial charge >= 0.3 is 16.4 Å². The van der Waals surface area contributed by atoms with Gasteiger partial charge in [-0.3, -0.25) is 0 Å². The lowest BCUT2D eigenvalue weighted by molar-refractivity contribution is -0.137. The van der Waals surface area contributed by atoms with Crippen LogP contribution in [0.2, 0.25) is 0 Å². The average Bonchev–Trinajstić information content (AvgIpc) is 2.14. The fourth-order valence-corrected chi connectivity index (χ4v) is 1.50. The van der Waals surface area contributed by atoms with Crippen molar-refractivity contribution in [2.75, 3.05) is 0 Å². The van der Waals surface area contributed by atoms with E-state index in [1.165, 1.54) is 0 Å². The fourth-order valence-electron chi connectivity index (χ4n) is 1.01. The van der Waals surface area contributed by atoms with Gasteiger partial charge < -0.3 is 0 Å². The van der Waals surface area contributed by atoms with Gasteiger partial charge in [0.1, 0.15) is 0 Å². The van der Waals surface area contributed by atoms with E-state index in [2.05, 4.69) is 0 Å². The Labute approximate surface area is 88.1 Å². The summed E-state index contributed by atoms with van der Waals surface area (Å²) in [6, 6.07) is 2.32. The molecule has 1 aromatic rings. The van der Waals surface area contributed by atoms with Gasteiger partial charge in [-0.25, -0.2) is 0 Å². The van der Waals surface area contributed by atoms with Crippen LogP contribution in [0.3, 0.4) is 0 Å². The number of nitriles is 1. The lowest BCUT2D eigenvalue weighted by Gasteiger charge is -2.08. The molecule has 1 aromatic carbocycles. The minimum absolute atomic E-state index is 0.345. The van der Waals surface area contributed by atoms with Gasteiger partial charge in [-0.1, -0.05) is 0 Å². The molecule has 86 valence electrons. The smallest absolute Gasteiger partial charge is 0.192 e. The second kappa shape index (κ2) is 3.75. The molecule has 0 aliphatic carbocycles. The number of nitrogens with zero attached hydrogens (tertiary/aromatic N) is 1. The fraction of sp³-hybridized carbons (Fsp3) is 0.125. The maximum Gasteiger partial charge on any atom is 0.417 e. The molecule has 0 saturated carbocycles. The summed E-state index contributed by atoms with van der Waals surface area (Å²) in [4.78, 5) is -0.975. The normalized spacial score (nSPS) is 12.2. The summed E-state index contributed by atoms with van der Waals surface area (Å²) < 4.78 is 70.1. The van der Waals surface area contributed by atoms with Crippen molar-refractivity contribution in [3.63, 3.8) is 0 Å². The van der Waals surface area contributed by atoms with Crippen LogP contribution in [0.5, 0.6) is 0 Å². The van der Waals surface area contributed by atoms with Crippen molar-refractivity contribution in [3.8, 4) is 6.07 Å². The van der Waals surface area contributed by atoms with Gasteiger partial charge in [-0.05, 0) is 18.2 Å². The van der Waals surface area contributed by atoms with Crippen molar-refractivity contribution in [2.24, 2.45) is 0 Å². The molecule has 0 N–H and O–H groups in total. The number of hydrogen-bond acceptors (Lipinski definition) is 3. The van der Waals surface area contributed by atoms with Crippen LogP contribution in [-0.4, -0.2) is 8.42 Å². The Hall–Kier alpha value is -1.62. The van der Waals surface area contributed by atoms with E-state index in [4.69, 9.17) is 5.26 Å². The first-order valence-corrected chi connectivity index (χ1v) is 5.10. The molecule has 0 saturated heterocycles. The topological polar surface area (TPSA) is 57.9 Å². The third kappa shape index (κ3) is 2.49. The lowest BCUT2D eigenvalue weighted by atomic mass is 10.1. The standard InChI is InChI=1S/C8H3F4NO2S/c9-8(10,11)7-2-1-6(16(12,14)15)3-5(7)4-13/h1-3H. The van der Waals surface area contributed by atoms with Gasteiger partial charge in [0.15, 0.2) is 0 Å². The van der Waals surface area contributed by atoms with E-state index < -0.39 is 32.4 Å². The molecule has 1 rings (SSSR count). The third-order valence-corrected chi connectivity index (χ3v) is 2.52. The second-order valence-electron chi connectivity index (χ2n) is 2.75. The van der Waals surface area contributed by atoms with Crippen molar-refractivity contribution >= 4 is 10.2 Å². The summed E-state index contributed by atoms with van der Waals surface area (Å²) in [6.45, 7) is 0. The zero-order valence-electron chi connectivity index (χ0n) is 7.42. The summed E-state index contributed by atoms with van der Waals surface area (Å²) in [5, 5.41) is 8.40. The molecule has 0 spiro atoms. The number of rotatable bonds is 1. The van der Waals surface area contributed by atoms with Crippen LogP contribution in [0.25, 0.3) is 0 Å². The van der Waals surface area contributed by atoms with Crippen molar-refractivity contribution in [2.45, 2.75) is 11.1 Å². The number of benzene rings is 1. The molecule has 3 nitrogen and oxygen atoms in total. The van der Waals surface area contributed by atoms with Crippen LogP contribution in [0.15, 0.2) is 23.1 Å². The molecule has 0 fully saturated rings. The molecule has 0 amide bonds. The highest BCUT2D eigenvalue weighted by atomic mass is 32.3. The average molecular weight is 253 g/mol. The van der Waals surface area contributed by atoms with E-state index in [-0.39, 0.29) is 0 Å². The SMILES string of the molecule is N#Cc1cc(S(=O)(=O)F)ccc1C(F)(F)F. The predicted molar refractivity (Wildman–Crippen MR) is 44.5 cm³/mol. The second-order valence-corrected chi connectivity index (χ2v) is 4.10. The van der Waals surface area contributed by atoms with Crippen LogP contribution in [0.4, 0.5) is 17.1 Å². The van der Waals surface area contributed by atoms with E-state index in [0.717, 1.165) is 6.07 Å². The van der Waals surface area contributed by atoms with Crippen LogP contribution in [0, 0.1) is 11.3 Å². The minimum atomic E-state index is -5.12. The van der Waals surface area contributed by atoms with Crippen LogP contribution >= 0.6 is 0 Å². The molecule has 0 unspecified atom stereocenters. The van der Waals surface area contributed by atoms with Crippen LogP contribution in [-0.2, 0) is 16.4 Å². The summed E-state index contributed by atoms with van der Waals surface area (Å²) in [5.41, 5.74) is -2.24. The maximum atomic E-state index is 12.4. The Morgan fingerprint density at radius 3 is 2.19 bits per heavy atom. The largest absolute Gasteiger partial charge is 0.417 e.